The van der Waals surface area contributed by atoms with E-state index in [-0.39, 0.29) is 35.6 Å². The second-order valence-corrected chi connectivity index (χ2v) is 13.2. The monoisotopic (exact) mass is 656 g/mol. The second-order valence-electron chi connectivity index (χ2n) is 13.2. The number of hydrogen-bond acceptors (Lipinski definition) is 6. The minimum atomic E-state index is -4.58. The highest BCUT2D eigenvalue weighted by atomic mass is 19.4. The molecular weight excluding hydrogens is 617 g/mol. The van der Waals surface area contributed by atoms with Crippen LogP contribution in [0.1, 0.15) is 85.4 Å². The summed E-state index contributed by atoms with van der Waals surface area (Å²) in [6.07, 6.45) is -4.33. The zero-order chi connectivity index (χ0) is 34.1. The molecule has 2 aliphatic heterocycles. The fourth-order valence-corrected chi connectivity index (χ4v) is 5.84. The normalized spacial score (nSPS) is 16.8. The highest BCUT2D eigenvalue weighted by Crippen LogP contribution is 2.36. The van der Waals surface area contributed by atoms with Gasteiger partial charge in [-0.15, -0.1) is 0 Å². The van der Waals surface area contributed by atoms with Crippen molar-refractivity contribution in [3.8, 4) is 11.1 Å². The summed E-state index contributed by atoms with van der Waals surface area (Å²) in [5.41, 5.74) is 0.906. The average Bonchev–Trinajstić information content (AvgIpc) is 3.48. The molecule has 0 unspecified atom stereocenters. The van der Waals surface area contributed by atoms with Gasteiger partial charge in [-0.25, -0.2) is 4.79 Å². The summed E-state index contributed by atoms with van der Waals surface area (Å²) in [6.45, 7) is 8.99. The number of amides is 3. The average molecular weight is 657 g/mol. The molecule has 252 valence electrons. The van der Waals surface area contributed by atoms with E-state index in [1.807, 2.05) is 4.90 Å². The fraction of sp³-hybridized carbons (Fsp3) is 0.471. The third kappa shape index (κ3) is 7.78. The maximum absolute atomic E-state index is 13.6. The van der Waals surface area contributed by atoms with Gasteiger partial charge in [0.05, 0.1) is 43.0 Å². The lowest BCUT2D eigenvalue weighted by molar-refractivity contribution is -0.151. The smallest absolute Gasteiger partial charge is 0.416 e. The van der Waals surface area contributed by atoms with Crippen molar-refractivity contribution in [2.24, 2.45) is 5.92 Å². The van der Waals surface area contributed by atoms with Crippen LogP contribution in [0.25, 0.3) is 11.1 Å². The number of carbonyl (C=O) groups excluding carboxylic acids is 2. The second kappa shape index (κ2) is 13.4. The first kappa shape index (κ1) is 34.0. The molecule has 5 rings (SSSR count). The molecule has 2 fully saturated rings. The summed E-state index contributed by atoms with van der Waals surface area (Å²) in [6, 6.07) is 11.2. The first-order chi connectivity index (χ1) is 22.1. The molecule has 0 saturated carbocycles. The van der Waals surface area contributed by atoms with Gasteiger partial charge in [-0.3, -0.25) is 14.5 Å². The van der Waals surface area contributed by atoms with E-state index in [9.17, 15) is 32.7 Å². The lowest BCUT2D eigenvalue weighted by atomic mass is 9.92. The van der Waals surface area contributed by atoms with Crippen molar-refractivity contribution in [2.75, 3.05) is 26.3 Å². The number of likely N-dealkylation sites (tertiary alicyclic amines) is 1. The van der Waals surface area contributed by atoms with E-state index in [0.717, 1.165) is 12.1 Å². The van der Waals surface area contributed by atoms with Crippen molar-refractivity contribution in [3.63, 3.8) is 0 Å². The van der Waals surface area contributed by atoms with Crippen LogP contribution in [0.5, 0.6) is 0 Å². The summed E-state index contributed by atoms with van der Waals surface area (Å²) in [5.74, 6) is -0.261. The topological polar surface area (TPSA) is 125 Å². The number of ether oxygens (including phenoxy) is 1. The Balaban J connectivity index is 1.25. The van der Waals surface area contributed by atoms with Crippen LogP contribution in [0.3, 0.4) is 0 Å². The van der Waals surface area contributed by atoms with Crippen LogP contribution in [0.4, 0.5) is 18.0 Å². The van der Waals surface area contributed by atoms with Gasteiger partial charge < -0.3 is 24.6 Å². The first-order valence-corrected chi connectivity index (χ1v) is 15.6. The molecule has 47 heavy (non-hydrogen) atoms. The van der Waals surface area contributed by atoms with Crippen molar-refractivity contribution in [1.82, 2.24) is 20.3 Å². The molecule has 0 spiro atoms. The number of nitrogens with one attached hydrogen (secondary N) is 1. The Hall–Kier alpha value is -4.39. The number of alkyl halides is 3. The molecule has 1 atom stereocenters. The van der Waals surface area contributed by atoms with Gasteiger partial charge in [-0.05, 0) is 74.9 Å². The largest absolute Gasteiger partial charge is 0.465 e. The Morgan fingerprint density at radius 2 is 1.70 bits per heavy atom. The standard InChI is InChI=1S/C34H39F3N4O6/c1-20(38-30(42)29-16-28(39-47-29)23-11-13-40(14-12-23)31(43)25-18-46-19-25)21-5-7-22(8-6-21)27-15-26(34(35,36)37)10-9-24(27)17-41(32(44)45)33(2,3)4/h5-10,15-16,20,23,25H,11-14,17-19H2,1-4H3,(H,38,42)(H,44,45)/t20-/m1/s1. The molecule has 3 amide bonds. The van der Waals surface area contributed by atoms with E-state index in [1.54, 1.807) is 58.0 Å². The van der Waals surface area contributed by atoms with Crippen molar-refractivity contribution in [1.29, 1.82) is 0 Å². The molecule has 0 radical (unpaired) electrons. The number of benzene rings is 2. The van der Waals surface area contributed by atoms with Gasteiger partial charge >= 0.3 is 12.3 Å². The van der Waals surface area contributed by atoms with Crippen LogP contribution in [0.2, 0.25) is 0 Å². The Labute approximate surface area is 270 Å². The fourth-order valence-electron chi connectivity index (χ4n) is 5.84. The summed E-state index contributed by atoms with van der Waals surface area (Å²) in [7, 11) is 0. The molecule has 2 N–H and O–H groups in total. The predicted octanol–water partition coefficient (Wildman–Crippen LogP) is 6.48. The predicted molar refractivity (Wildman–Crippen MR) is 165 cm³/mol. The quantitative estimate of drug-likeness (QED) is 0.284. The van der Waals surface area contributed by atoms with Crippen LogP contribution in [-0.4, -0.2) is 69.8 Å². The molecule has 10 nitrogen and oxygen atoms in total. The van der Waals surface area contributed by atoms with E-state index >= 15 is 0 Å². The molecular formula is C34H39F3N4O6. The maximum Gasteiger partial charge on any atom is 0.416 e. The first-order valence-electron chi connectivity index (χ1n) is 15.6. The lowest BCUT2D eigenvalue weighted by Gasteiger charge is -2.36. The number of halogens is 3. The van der Waals surface area contributed by atoms with Gasteiger partial charge in [0, 0.05) is 30.6 Å². The molecule has 0 aliphatic carbocycles. The third-order valence-corrected chi connectivity index (χ3v) is 8.84. The van der Waals surface area contributed by atoms with Crippen molar-refractivity contribution < 1.29 is 41.9 Å². The van der Waals surface area contributed by atoms with E-state index < -0.39 is 35.3 Å². The minimum Gasteiger partial charge on any atom is -0.465 e. The van der Waals surface area contributed by atoms with Crippen molar-refractivity contribution in [3.05, 3.63) is 76.7 Å². The summed E-state index contributed by atoms with van der Waals surface area (Å²) in [5, 5.41) is 16.8. The Kier molecular flexibility index (Phi) is 9.67. The van der Waals surface area contributed by atoms with Crippen molar-refractivity contribution >= 4 is 17.9 Å². The molecule has 13 heteroatoms. The Morgan fingerprint density at radius 3 is 2.26 bits per heavy atom. The number of aromatic nitrogens is 1. The number of carbonyl (C=O) groups is 3. The number of piperidine rings is 1. The summed E-state index contributed by atoms with van der Waals surface area (Å²) >= 11 is 0. The van der Waals surface area contributed by atoms with E-state index in [0.29, 0.717) is 61.5 Å². The molecule has 0 bridgehead atoms. The molecule has 2 saturated heterocycles. The Bertz CT molecular complexity index is 1600. The van der Waals surface area contributed by atoms with Crippen LogP contribution in [0, 0.1) is 5.92 Å². The molecule has 3 heterocycles. The Morgan fingerprint density at radius 1 is 1.04 bits per heavy atom. The number of nitrogens with zero attached hydrogens (tertiary/aromatic N) is 3. The highest BCUT2D eigenvalue weighted by molar-refractivity contribution is 5.91. The molecule has 3 aromatic rings. The van der Waals surface area contributed by atoms with Crippen LogP contribution < -0.4 is 5.32 Å². The van der Waals surface area contributed by atoms with Gasteiger partial charge in [-0.2, -0.15) is 13.2 Å². The van der Waals surface area contributed by atoms with Crippen LogP contribution >= 0.6 is 0 Å². The van der Waals surface area contributed by atoms with Crippen LogP contribution in [-0.2, 0) is 22.3 Å². The number of carboxylic acid groups (broad SMARTS) is 1. The van der Waals surface area contributed by atoms with Gasteiger partial charge in [0.1, 0.15) is 0 Å². The SMILES string of the molecule is C[C@@H](NC(=O)c1cc(C2CCN(C(=O)C3COC3)CC2)no1)c1ccc(-c2cc(C(F)(F)F)ccc2CN(C(=O)O)C(C)(C)C)cc1. The summed E-state index contributed by atoms with van der Waals surface area (Å²) in [4.78, 5) is 40.5. The van der Waals surface area contributed by atoms with Crippen molar-refractivity contribution in [2.45, 2.75) is 70.8 Å². The third-order valence-electron chi connectivity index (χ3n) is 8.84. The van der Waals surface area contributed by atoms with E-state index in [2.05, 4.69) is 10.5 Å². The molecule has 1 aromatic heterocycles. The van der Waals surface area contributed by atoms with Gasteiger partial charge in [0.2, 0.25) is 11.7 Å². The van der Waals surface area contributed by atoms with Gasteiger partial charge in [0.25, 0.3) is 5.91 Å². The van der Waals surface area contributed by atoms with Crippen LogP contribution in [0.15, 0.2) is 53.1 Å². The zero-order valence-corrected chi connectivity index (χ0v) is 26.8. The van der Waals surface area contributed by atoms with Gasteiger partial charge in [-0.1, -0.05) is 35.5 Å². The van der Waals surface area contributed by atoms with E-state index in [4.69, 9.17) is 9.26 Å². The zero-order valence-electron chi connectivity index (χ0n) is 26.8. The maximum atomic E-state index is 13.6. The van der Waals surface area contributed by atoms with E-state index in [1.165, 1.54) is 11.0 Å². The lowest BCUT2D eigenvalue weighted by Crippen LogP contribution is -2.47. The highest BCUT2D eigenvalue weighted by Gasteiger charge is 2.35. The summed E-state index contributed by atoms with van der Waals surface area (Å²) < 4.78 is 51.4. The molecule has 2 aromatic carbocycles. The minimum absolute atomic E-state index is 0.0478. The number of rotatable bonds is 8. The number of hydrogen-bond donors (Lipinski definition) is 2. The van der Waals surface area contributed by atoms with Gasteiger partial charge in [0.15, 0.2) is 0 Å². The molecule has 2 aliphatic rings.